The van der Waals surface area contributed by atoms with Crippen LogP contribution >= 0.6 is 0 Å². The van der Waals surface area contributed by atoms with Crippen LogP contribution in [0.4, 0.5) is 0 Å². The van der Waals surface area contributed by atoms with Crippen molar-refractivity contribution in [1.82, 2.24) is 20.9 Å². The lowest BCUT2D eigenvalue weighted by Crippen LogP contribution is -2.60. The smallest absolute Gasteiger partial charge is 0.326 e. The summed E-state index contributed by atoms with van der Waals surface area (Å²) in [6.45, 7) is 1.57. The van der Waals surface area contributed by atoms with Crippen LogP contribution in [0.2, 0.25) is 0 Å². The van der Waals surface area contributed by atoms with Gasteiger partial charge in [0.2, 0.25) is 17.7 Å². The summed E-state index contributed by atoms with van der Waals surface area (Å²) in [5.74, 6) is -5.13. The molecule has 0 saturated heterocycles. The number of hydrogen-bond donors (Lipinski definition) is 9. The van der Waals surface area contributed by atoms with E-state index in [-0.39, 0.29) is 19.3 Å². The van der Waals surface area contributed by atoms with Crippen molar-refractivity contribution in [3.05, 3.63) is 36.0 Å². The molecule has 5 unspecified atom stereocenters. The summed E-state index contributed by atoms with van der Waals surface area (Å²) in [7, 11) is 0. The second-order valence-electron chi connectivity index (χ2n) is 9.57. The van der Waals surface area contributed by atoms with Crippen molar-refractivity contribution in [1.29, 1.82) is 0 Å². The van der Waals surface area contributed by atoms with Crippen LogP contribution in [0.25, 0.3) is 10.9 Å². The number of amides is 3. The Kier molecular flexibility index (Phi) is 12.5. The zero-order chi connectivity index (χ0) is 29.8. The Balaban J connectivity index is 2.11. The highest BCUT2D eigenvalue weighted by atomic mass is 16.4. The summed E-state index contributed by atoms with van der Waals surface area (Å²) < 4.78 is 0. The molecule has 14 heteroatoms. The molecule has 1 aromatic heterocycles. The third-order valence-corrected chi connectivity index (χ3v) is 6.36. The molecule has 0 spiro atoms. The number of rotatable bonds is 17. The molecule has 0 radical (unpaired) electrons. The number of hydrogen-bond acceptors (Lipinski definition) is 8. The number of carbonyl (C=O) groups is 5. The standard InChI is InChI=1S/C26H38N6O8/c1-14(33)22(25(38)31-20(26(39)40)8-4-5-11-27)32-24(37)19(9-10-21(34)35)30-23(36)17(28)12-15-13-29-18-7-3-2-6-16(15)18/h2-3,6-7,13-14,17,19-20,22,29,33H,4-5,8-12,27-28H2,1H3,(H,30,36)(H,31,38)(H,32,37)(H,34,35)(H,39,40). The molecule has 2 aromatic rings. The van der Waals surface area contributed by atoms with E-state index in [1.807, 2.05) is 24.3 Å². The molecule has 2 rings (SSSR count). The van der Waals surface area contributed by atoms with E-state index < -0.39 is 66.4 Å². The van der Waals surface area contributed by atoms with Crippen LogP contribution in [0.5, 0.6) is 0 Å². The predicted molar refractivity (Wildman–Crippen MR) is 145 cm³/mol. The zero-order valence-electron chi connectivity index (χ0n) is 22.3. The number of unbranched alkanes of at least 4 members (excludes halogenated alkanes) is 1. The minimum Gasteiger partial charge on any atom is -0.481 e. The maximum absolute atomic E-state index is 13.1. The number of H-pyrrole nitrogens is 1. The van der Waals surface area contributed by atoms with Gasteiger partial charge in [-0.05, 0) is 57.2 Å². The molecule has 0 aliphatic rings. The fraction of sp³-hybridized carbons (Fsp3) is 0.500. The van der Waals surface area contributed by atoms with Crippen LogP contribution < -0.4 is 27.4 Å². The summed E-state index contributed by atoms with van der Waals surface area (Å²) in [4.78, 5) is 64.6. The van der Waals surface area contributed by atoms with Gasteiger partial charge >= 0.3 is 11.9 Å². The minimum atomic E-state index is -1.58. The van der Waals surface area contributed by atoms with Gasteiger partial charge in [-0.1, -0.05) is 18.2 Å². The third-order valence-electron chi connectivity index (χ3n) is 6.36. The largest absolute Gasteiger partial charge is 0.481 e. The van der Waals surface area contributed by atoms with Crippen molar-refractivity contribution < 1.29 is 39.3 Å². The Labute approximate surface area is 230 Å². The molecule has 14 nitrogen and oxygen atoms in total. The summed E-state index contributed by atoms with van der Waals surface area (Å²) in [5, 5.41) is 36.6. The van der Waals surface area contributed by atoms with E-state index in [4.69, 9.17) is 16.6 Å². The molecule has 1 heterocycles. The number of carboxylic acid groups (broad SMARTS) is 2. The van der Waals surface area contributed by atoms with Gasteiger partial charge in [0.15, 0.2) is 0 Å². The van der Waals surface area contributed by atoms with E-state index in [1.54, 1.807) is 6.20 Å². The Morgan fingerprint density at radius 3 is 2.23 bits per heavy atom. The first-order chi connectivity index (χ1) is 18.9. The van der Waals surface area contributed by atoms with Gasteiger partial charge in [-0.3, -0.25) is 19.2 Å². The van der Waals surface area contributed by atoms with Crippen molar-refractivity contribution in [2.24, 2.45) is 11.5 Å². The van der Waals surface area contributed by atoms with Crippen LogP contribution in [0, 0.1) is 0 Å². The molecule has 220 valence electrons. The van der Waals surface area contributed by atoms with E-state index >= 15 is 0 Å². The Bertz CT molecular complexity index is 1180. The first-order valence-electron chi connectivity index (χ1n) is 13.0. The highest BCUT2D eigenvalue weighted by Gasteiger charge is 2.33. The molecular formula is C26H38N6O8. The number of carbonyl (C=O) groups excluding carboxylic acids is 3. The molecule has 0 aliphatic carbocycles. The van der Waals surface area contributed by atoms with Crippen LogP contribution in [0.15, 0.2) is 30.5 Å². The maximum atomic E-state index is 13.1. The van der Waals surface area contributed by atoms with E-state index in [1.165, 1.54) is 6.92 Å². The molecule has 5 atom stereocenters. The molecule has 0 bridgehead atoms. The second kappa shape index (κ2) is 15.5. The summed E-state index contributed by atoms with van der Waals surface area (Å²) in [5.41, 5.74) is 13.1. The topological polar surface area (TPSA) is 250 Å². The predicted octanol–water partition coefficient (Wildman–Crippen LogP) is -1.05. The Morgan fingerprint density at radius 2 is 1.60 bits per heavy atom. The van der Waals surface area contributed by atoms with Crippen molar-refractivity contribution in [3.8, 4) is 0 Å². The van der Waals surface area contributed by atoms with Crippen molar-refractivity contribution in [3.63, 3.8) is 0 Å². The van der Waals surface area contributed by atoms with Gasteiger partial charge in [-0.15, -0.1) is 0 Å². The molecule has 0 saturated carbocycles. The number of nitrogens with two attached hydrogens (primary N) is 2. The normalized spacial score (nSPS) is 14.9. The van der Waals surface area contributed by atoms with Gasteiger partial charge in [0.1, 0.15) is 18.1 Å². The number of benzene rings is 1. The second-order valence-corrected chi connectivity index (χ2v) is 9.57. The molecule has 0 fully saturated rings. The number of aliphatic hydroxyl groups is 1. The van der Waals surface area contributed by atoms with Crippen molar-refractivity contribution in [2.45, 2.75) is 75.7 Å². The van der Waals surface area contributed by atoms with E-state index in [2.05, 4.69) is 20.9 Å². The van der Waals surface area contributed by atoms with Crippen molar-refractivity contribution in [2.75, 3.05) is 6.54 Å². The molecule has 3 amide bonds. The Morgan fingerprint density at radius 1 is 0.925 bits per heavy atom. The van der Waals surface area contributed by atoms with Gasteiger partial charge in [0.25, 0.3) is 0 Å². The monoisotopic (exact) mass is 562 g/mol. The summed E-state index contributed by atoms with van der Waals surface area (Å²) in [6.07, 6.45) is 0.667. The molecule has 11 N–H and O–H groups in total. The number of fused-ring (bicyclic) bond motifs is 1. The third kappa shape index (κ3) is 9.63. The van der Waals surface area contributed by atoms with Crippen LogP contribution in [0.3, 0.4) is 0 Å². The van der Waals surface area contributed by atoms with Gasteiger partial charge in [0.05, 0.1) is 12.1 Å². The average molecular weight is 563 g/mol. The number of aromatic amines is 1. The Hall–Kier alpha value is -4.01. The molecule has 40 heavy (non-hydrogen) atoms. The van der Waals surface area contributed by atoms with Crippen molar-refractivity contribution >= 4 is 40.6 Å². The first-order valence-corrected chi connectivity index (χ1v) is 13.0. The van der Waals surface area contributed by atoms with E-state index in [0.717, 1.165) is 16.5 Å². The minimum absolute atomic E-state index is 0.0877. The van der Waals surface area contributed by atoms with Gasteiger partial charge < -0.3 is 47.7 Å². The average Bonchev–Trinajstić information content (AvgIpc) is 3.30. The van der Waals surface area contributed by atoms with E-state index in [9.17, 15) is 34.2 Å². The van der Waals surface area contributed by atoms with Crippen LogP contribution in [-0.2, 0) is 30.4 Å². The maximum Gasteiger partial charge on any atom is 0.326 e. The number of para-hydroxylation sites is 1. The van der Waals surface area contributed by atoms with Gasteiger partial charge in [-0.2, -0.15) is 0 Å². The SMILES string of the molecule is CC(O)C(NC(=O)C(CCC(=O)O)NC(=O)C(N)Cc1c[nH]c2ccccc12)C(=O)NC(CCCCN)C(=O)O. The van der Waals surface area contributed by atoms with Gasteiger partial charge in [0, 0.05) is 23.5 Å². The molecular weight excluding hydrogens is 524 g/mol. The number of carboxylic acids is 2. The highest BCUT2D eigenvalue weighted by molar-refractivity contribution is 5.95. The lowest BCUT2D eigenvalue weighted by atomic mass is 10.0. The van der Waals surface area contributed by atoms with Gasteiger partial charge in [-0.25, -0.2) is 4.79 Å². The number of aromatic nitrogens is 1. The fourth-order valence-electron chi connectivity index (χ4n) is 4.12. The van der Waals surface area contributed by atoms with Crippen LogP contribution in [-0.4, -0.2) is 86.8 Å². The number of aliphatic hydroxyl groups excluding tert-OH is 1. The zero-order valence-corrected chi connectivity index (χ0v) is 22.3. The molecule has 1 aromatic carbocycles. The molecule has 0 aliphatic heterocycles. The number of nitrogens with one attached hydrogen (secondary N) is 4. The highest BCUT2D eigenvalue weighted by Crippen LogP contribution is 2.19. The number of aliphatic carboxylic acids is 2. The quantitative estimate of drug-likeness (QED) is 0.106. The summed E-state index contributed by atoms with van der Waals surface area (Å²) >= 11 is 0. The van der Waals surface area contributed by atoms with Crippen LogP contribution in [0.1, 0.15) is 44.6 Å². The lowest BCUT2D eigenvalue weighted by molar-refractivity contribution is -0.143. The first kappa shape index (κ1) is 32.2. The lowest BCUT2D eigenvalue weighted by Gasteiger charge is -2.26. The summed E-state index contributed by atoms with van der Waals surface area (Å²) in [6, 6.07) is 2.09. The van der Waals surface area contributed by atoms with E-state index in [0.29, 0.717) is 19.4 Å². The fourth-order valence-corrected chi connectivity index (χ4v) is 4.12.